The van der Waals surface area contributed by atoms with E-state index in [2.05, 4.69) is 4.98 Å². The maximum absolute atomic E-state index is 7.51. The second kappa shape index (κ2) is 3.49. The Balaban J connectivity index is 3.14. The fourth-order valence-electron chi connectivity index (χ4n) is 0.962. The van der Waals surface area contributed by atoms with Crippen molar-refractivity contribution in [3.8, 4) is 0 Å². The highest BCUT2D eigenvalue weighted by Crippen LogP contribution is 1.93. The topological polar surface area (TPSA) is 50.9 Å². The van der Waals surface area contributed by atoms with E-state index in [1.807, 2.05) is 24.7 Å². The number of nitrogens with zero attached hydrogens (tertiary/aromatic N) is 2. The van der Waals surface area contributed by atoms with Crippen molar-refractivity contribution in [1.29, 1.82) is 5.41 Å². The van der Waals surface area contributed by atoms with Gasteiger partial charge in [0.05, 0.1) is 6.61 Å². The highest BCUT2D eigenvalue weighted by Gasteiger charge is 1.98. The first-order valence-corrected chi connectivity index (χ1v) is 3.72. The summed E-state index contributed by atoms with van der Waals surface area (Å²) in [7, 11) is 3.51. The Morgan fingerprint density at radius 2 is 2.33 bits per heavy atom. The molecule has 1 rings (SSSR count). The van der Waals surface area contributed by atoms with Gasteiger partial charge in [0.15, 0.2) is 5.49 Å². The fourth-order valence-corrected chi connectivity index (χ4v) is 0.962. The largest absolute Gasteiger partial charge is 0.380 e. The van der Waals surface area contributed by atoms with Gasteiger partial charge in [0.1, 0.15) is 5.82 Å². The van der Waals surface area contributed by atoms with Crippen molar-refractivity contribution >= 4 is 0 Å². The van der Waals surface area contributed by atoms with Crippen LogP contribution in [0.25, 0.3) is 0 Å². The Morgan fingerprint density at radius 1 is 1.67 bits per heavy atom. The molecule has 0 aliphatic heterocycles. The molecule has 0 saturated carbocycles. The number of ether oxygens (including phenoxy) is 1. The zero-order valence-electron chi connectivity index (χ0n) is 7.59. The van der Waals surface area contributed by atoms with Gasteiger partial charge in [0, 0.05) is 25.9 Å². The molecule has 12 heavy (non-hydrogen) atoms. The molecular weight excluding hydrogens is 154 g/mol. The van der Waals surface area contributed by atoms with Crippen LogP contribution < -0.4 is 5.49 Å². The molecule has 0 aliphatic rings. The van der Waals surface area contributed by atoms with E-state index in [1.54, 1.807) is 7.11 Å². The molecular formula is C8H13N3O. The first kappa shape index (κ1) is 8.93. The molecule has 1 heterocycles. The van der Waals surface area contributed by atoms with Crippen molar-refractivity contribution in [2.24, 2.45) is 7.05 Å². The van der Waals surface area contributed by atoms with Crippen LogP contribution in [0.15, 0.2) is 6.20 Å². The minimum atomic E-state index is 0.299. The third kappa shape index (κ3) is 1.71. The highest BCUT2D eigenvalue weighted by molar-refractivity contribution is 5.03. The molecule has 1 aromatic rings. The maximum atomic E-state index is 7.51. The second-order valence-corrected chi connectivity index (χ2v) is 2.71. The molecule has 0 aromatic carbocycles. The van der Waals surface area contributed by atoms with Crippen molar-refractivity contribution in [1.82, 2.24) is 9.55 Å². The van der Waals surface area contributed by atoms with Gasteiger partial charge in [-0.05, 0) is 6.92 Å². The Morgan fingerprint density at radius 3 is 2.92 bits per heavy atom. The lowest BCUT2D eigenvalue weighted by atomic mass is 10.3. The van der Waals surface area contributed by atoms with E-state index in [-0.39, 0.29) is 0 Å². The Hall–Kier alpha value is -1.16. The average molecular weight is 167 g/mol. The molecule has 0 radical (unpaired) electrons. The molecule has 0 aliphatic carbocycles. The van der Waals surface area contributed by atoms with Gasteiger partial charge in [-0.15, -0.1) is 0 Å². The summed E-state index contributed by atoms with van der Waals surface area (Å²) in [5.74, 6) is 0.833. The van der Waals surface area contributed by atoms with Crippen LogP contribution >= 0.6 is 0 Å². The van der Waals surface area contributed by atoms with Gasteiger partial charge in [-0.2, -0.15) is 0 Å². The van der Waals surface area contributed by atoms with Crippen LogP contribution in [0, 0.1) is 12.3 Å². The number of nitrogens with one attached hydrogen (secondary N) is 1. The number of hydrogen-bond acceptors (Lipinski definition) is 3. The van der Waals surface area contributed by atoms with Gasteiger partial charge < -0.3 is 9.30 Å². The van der Waals surface area contributed by atoms with E-state index >= 15 is 0 Å². The molecule has 0 spiro atoms. The summed E-state index contributed by atoms with van der Waals surface area (Å²) in [6.07, 6.45) is 1.87. The van der Waals surface area contributed by atoms with Crippen molar-refractivity contribution in [3.05, 3.63) is 23.1 Å². The molecule has 66 valence electrons. The van der Waals surface area contributed by atoms with Crippen LogP contribution in [0.3, 0.4) is 0 Å². The lowest BCUT2D eigenvalue weighted by molar-refractivity contribution is 0.182. The minimum absolute atomic E-state index is 0.299. The van der Waals surface area contributed by atoms with Gasteiger partial charge in [-0.1, -0.05) is 0 Å². The molecule has 4 heteroatoms. The highest BCUT2D eigenvalue weighted by atomic mass is 16.5. The molecule has 1 N–H and O–H groups in total. The summed E-state index contributed by atoms with van der Waals surface area (Å²) < 4.78 is 6.81. The maximum Gasteiger partial charge on any atom is 0.153 e. The Labute approximate surface area is 71.3 Å². The zero-order chi connectivity index (χ0) is 9.14. The van der Waals surface area contributed by atoms with E-state index in [1.165, 1.54) is 0 Å². The SMILES string of the molecule is COCc1cn(C)c(C)nc1=N. The van der Waals surface area contributed by atoms with E-state index in [0.29, 0.717) is 12.1 Å². The first-order valence-electron chi connectivity index (χ1n) is 3.72. The minimum Gasteiger partial charge on any atom is -0.380 e. The van der Waals surface area contributed by atoms with E-state index < -0.39 is 0 Å². The lowest BCUT2D eigenvalue weighted by Crippen LogP contribution is -2.18. The molecule has 0 atom stereocenters. The molecule has 0 amide bonds. The van der Waals surface area contributed by atoms with Crippen LogP contribution in [0.4, 0.5) is 0 Å². The molecule has 1 aromatic heterocycles. The van der Waals surface area contributed by atoms with Crippen LogP contribution in [-0.4, -0.2) is 16.7 Å². The zero-order valence-corrected chi connectivity index (χ0v) is 7.59. The van der Waals surface area contributed by atoms with E-state index in [9.17, 15) is 0 Å². The summed E-state index contributed by atoms with van der Waals surface area (Å²) in [6.45, 7) is 2.31. The third-order valence-electron chi connectivity index (χ3n) is 1.74. The number of aryl methyl sites for hydroxylation is 2. The Kier molecular flexibility index (Phi) is 2.60. The Bertz CT molecular complexity index is 330. The van der Waals surface area contributed by atoms with Crippen LogP contribution in [-0.2, 0) is 18.4 Å². The summed E-state index contributed by atoms with van der Waals surface area (Å²) in [4.78, 5) is 4.04. The number of rotatable bonds is 2. The predicted molar refractivity (Wildman–Crippen MR) is 44.5 cm³/mol. The molecule has 4 nitrogen and oxygen atoms in total. The standard InChI is InChI=1S/C8H13N3O/c1-6-10-8(9)7(5-12-3)4-11(6)2/h4,9H,5H2,1-3H3. The van der Waals surface area contributed by atoms with Gasteiger partial charge in [-0.25, -0.2) is 4.98 Å². The summed E-state index contributed by atoms with van der Waals surface area (Å²) in [5, 5.41) is 7.51. The van der Waals surface area contributed by atoms with Crippen LogP contribution in [0.5, 0.6) is 0 Å². The molecule has 0 fully saturated rings. The van der Waals surface area contributed by atoms with E-state index in [0.717, 1.165) is 11.4 Å². The van der Waals surface area contributed by atoms with Gasteiger partial charge >= 0.3 is 0 Å². The smallest absolute Gasteiger partial charge is 0.153 e. The molecule has 0 saturated heterocycles. The monoisotopic (exact) mass is 167 g/mol. The summed E-state index contributed by atoms with van der Waals surface area (Å²) in [6, 6.07) is 0. The number of methoxy groups -OCH3 is 1. The van der Waals surface area contributed by atoms with Crippen LogP contribution in [0.1, 0.15) is 11.4 Å². The molecule has 0 unspecified atom stereocenters. The van der Waals surface area contributed by atoms with Crippen molar-refractivity contribution in [2.45, 2.75) is 13.5 Å². The van der Waals surface area contributed by atoms with E-state index in [4.69, 9.17) is 10.1 Å². The van der Waals surface area contributed by atoms with Crippen molar-refractivity contribution < 1.29 is 4.74 Å². The van der Waals surface area contributed by atoms with Crippen molar-refractivity contribution in [3.63, 3.8) is 0 Å². The van der Waals surface area contributed by atoms with Crippen molar-refractivity contribution in [2.75, 3.05) is 7.11 Å². The summed E-state index contributed by atoms with van der Waals surface area (Å²) >= 11 is 0. The third-order valence-corrected chi connectivity index (χ3v) is 1.74. The second-order valence-electron chi connectivity index (χ2n) is 2.71. The average Bonchev–Trinajstić information content (AvgIpc) is 2.01. The molecule has 0 bridgehead atoms. The van der Waals surface area contributed by atoms with Crippen LogP contribution in [0.2, 0.25) is 0 Å². The summed E-state index contributed by atoms with van der Waals surface area (Å²) in [5.41, 5.74) is 1.11. The first-order chi connectivity index (χ1) is 5.65. The normalized spacial score (nSPS) is 10.2. The number of aromatic nitrogens is 2. The fraction of sp³-hybridized carbons (Fsp3) is 0.500. The van der Waals surface area contributed by atoms with Gasteiger partial charge in [-0.3, -0.25) is 5.41 Å². The lowest BCUT2D eigenvalue weighted by Gasteiger charge is -2.05. The predicted octanol–water partition coefficient (Wildman–Crippen LogP) is 0.354. The van der Waals surface area contributed by atoms with Gasteiger partial charge in [0.2, 0.25) is 0 Å². The van der Waals surface area contributed by atoms with Gasteiger partial charge in [0.25, 0.3) is 0 Å². The number of hydrogen-bond donors (Lipinski definition) is 1. The quantitative estimate of drug-likeness (QED) is 0.691.